The summed E-state index contributed by atoms with van der Waals surface area (Å²) in [7, 11) is 0. The lowest BCUT2D eigenvalue weighted by Crippen LogP contribution is -2.36. The number of alkyl halides is 3. The fraction of sp³-hybridized carbons (Fsp3) is 0.391. The van der Waals surface area contributed by atoms with Crippen molar-refractivity contribution in [1.29, 1.82) is 0 Å². The van der Waals surface area contributed by atoms with Crippen LogP contribution in [0.15, 0.2) is 42.6 Å². The van der Waals surface area contributed by atoms with Crippen LogP contribution in [0.1, 0.15) is 38.2 Å². The van der Waals surface area contributed by atoms with Crippen molar-refractivity contribution in [2.75, 3.05) is 16.8 Å². The number of carbonyl (C=O) groups excluding carboxylic acids is 3. The Morgan fingerprint density at radius 1 is 1.17 bits per heavy atom. The number of amides is 4. The van der Waals surface area contributed by atoms with Crippen molar-refractivity contribution in [3.8, 4) is 5.75 Å². The number of benzene rings is 1. The van der Waals surface area contributed by atoms with Crippen LogP contribution in [0.5, 0.6) is 5.75 Å². The molecular formula is C23H23F3N4O5. The maximum Gasteiger partial charge on any atom is 0.573 e. The fourth-order valence-electron chi connectivity index (χ4n) is 3.83. The standard InChI is InChI=1S/C23H23F3N4O5/c1-2-3-12-34-20(32)28-18-13-15(8-11-27-18)14-29-21(33)30(19(31)22(29)9-10-22)16-4-6-17(7-5-16)35-23(24,25)26/h4-8,11,13H,2-3,9-10,12,14H2,1H3,(H,27,28,32). The fourth-order valence-corrected chi connectivity index (χ4v) is 3.83. The molecule has 1 spiro atoms. The maximum absolute atomic E-state index is 13.2. The second-order valence-corrected chi connectivity index (χ2v) is 8.25. The van der Waals surface area contributed by atoms with E-state index < -0.39 is 35.7 Å². The summed E-state index contributed by atoms with van der Waals surface area (Å²) in [4.78, 5) is 44.7. The molecule has 186 valence electrons. The van der Waals surface area contributed by atoms with Crippen LogP contribution >= 0.6 is 0 Å². The van der Waals surface area contributed by atoms with E-state index in [9.17, 15) is 27.6 Å². The molecular weight excluding hydrogens is 469 g/mol. The smallest absolute Gasteiger partial charge is 0.449 e. The Labute approximate surface area is 198 Å². The van der Waals surface area contributed by atoms with Crippen LogP contribution in [0.25, 0.3) is 0 Å². The van der Waals surface area contributed by atoms with Gasteiger partial charge in [0.1, 0.15) is 17.1 Å². The zero-order valence-corrected chi connectivity index (χ0v) is 18.8. The largest absolute Gasteiger partial charge is 0.573 e. The third-order valence-corrected chi connectivity index (χ3v) is 5.72. The number of rotatable bonds is 8. The number of halogens is 3. The van der Waals surface area contributed by atoms with Gasteiger partial charge < -0.3 is 14.4 Å². The van der Waals surface area contributed by atoms with Gasteiger partial charge in [0.2, 0.25) is 0 Å². The van der Waals surface area contributed by atoms with Crippen molar-refractivity contribution < 1.29 is 37.0 Å². The minimum atomic E-state index is -4.85. The molecule has 12 heteroatoms. The predicted molar refractivity (Wildman–Crippen MR) is 118 cm³/mol. The Morgan fingerprint density at radius 2 is 1.89 bits per heavy atom. The summed E-state index contributed by atoms with van der Waals surface area (Å²) in [6.07, 6.45) is -1.45. The summed E-state index contributed by atoms with van der Waals surface area (Å²) in [5.41, 5.74) is -0.212. The zero-order chi connectivity index (χ0) is 25.2. The van der Waals surface area contributed by atoms with Crippen molar-refractivity contribution >= 4 is 29.5 Å². The van der Waals surface area contributed by atoms with Crippen LogP contribution in [0.3, 0.4) is 0 Å². The van der Waals surface area contributed by atoms with Gasteiger partial charge in [0.25, 0.3) is 5.91 Å². The highest BCUT2D eigenvalue weighted by Crippen LogP contribution is 2.49. The number of urea groups is 1. The van der Waals surface area contributed by atoms with E-state index >= 15 is 0 Å². The van der Waals surface area contributed by atoms with Crippen molar-refractivity contribution in [1.82, 2.24) is 9.88 Å². The van der Waals surface area contributed by atoms with E-state index in [1.165, 1.54) is 23.2 Å². The molecule has 0 atom stereocenters. The molecule has 4 rings (SSSR count). The van der Waals surface area contributed by atoms with Gasteiger partial charge in [-0.05, 0) is 61.2 Å². The van der Waals surface area contributed by atoms with Gasteiger partial charge in [-0.2, -0.15) is 0 Å². The van der Waals surface area contributed by atoms with Crippen molar-refractivity contribution in [3.63, 3.8) is 0 Å². The predicted octanol–water partition coefficient (Wildman–Crippen LogP) is 4.83. The molecule has 1 aromatic carbocycles. The summed E-state index contributed by atoms with van der Waals surface area (Å²) in [6, 6.07) is 7.22. The lowest BCUT2D eigenvalue weighted by atomic mass is 10.2. The van der Waals surface area contributed by atoms with Crippen molar-refractivity contribution in [2.24, 2.45) is 0 Å². The molecule has 0 unspecified atom stereocenters. The molecule has 1 saturated carbocycles. The molecule has 1 N–H and O–H groups in total. The molecule has 0 bridgehead atoms. The van der Waals surface area contributed by atoms with Gasteiger partial charge in [0.15, 0.2) is 0 Å². The average Bonchev–Trinajstić information content (AvgIpc) is 3.56. The van der Waals surface area contributed by atoms with Crippen molar-refractivity contribution in [2.45, 2.75) is 51.1 Å². The molecule has 2 aromatic rings. The highest BCUT2D eigenvalue weighted by Gasteiger charge is 2.65. The molecule has 2 fully saturated rings. The second-order valence-electron chi connectivity index (χ2n) is 8.25. The first kappa shape index (κ1) is 24.3. The first-order valence-electron chi connectivity index (χ1n) is 11.0. The van der Waals surface area contributed by atoms with Gasteiger partial charge in [-0.3, -0.25) is 10.1 Å². The van der Waals surface area contributed by atoms with Gasteiger partial charge in [-0.25, -0.2) is 19.5 Å². The molecule has 2 aliphatic rings. The van der Waals surface area contributed by atoms with Crippen LogP contribution in [0, 0.1) is 0 Å². The highest BCUT2D eigenvalue weighted by atomic mass is 19.4. The number of nitrogens with zero attached hydrogens (tertiary/aromatic N) is 3. The first-order chi connectivity index (χ1) is 16.6. The van der Waals surface area contributed by atoms with Gasteiger partial charge in [-0.1, -0.05) is 13.3 Å². The maximum atomic E-state index is 13.2. The number of imide groups is 1. The lowest BCUT2D eigenvalue weighted by molar-refractivity contribution is -0.274. The second kappa shape index (κ2) is 9.43. The minimum Gasteiger partial charge on any atom is -0.449 e. The Bertz CT molecular complexity index is 1120. The Kier molecular flexibility index (Phi) is 6.55. The van der Waals surface area contributed by atoms with Crippen LogP contribution in [0.4, 0.5) is 34.3 Å². The van der Waals surface area contributed by atoms with Gasteiger partial charge in [0, 0.05) is 12.7 Å². The van der Waals surface area contributed by atoms with Crippen LogP contribution in [-0.4, -0.2) is 46.4 Å². The van der Waals surface area contributed by atoms with E-state index in [0.717, 1.165) is 29.9 Å². The molecule has 0 radical (unpaired) electrons. The number of aromatic nitrogens is 1. The molecule has 1 aliphatic carbocycles. The molecule has 1 aromatic heterocycles. The van der Waals surface area contributed by atoms with Crippen LogP contribution in [-0.2, 0) is 16.1 Å². The average molecular weight is 492 g/mol. The zero-order valence-electron chi connectivity index (χ0n) is 18.8. The molecule has 2 heterocycles. The Balaban J connectivity index is 1.47. The summed E-state index contributed by atoms with van der Waals surface area (Å²) in [5.74, 6) is -0.647. The number of hydrogen-bond donors (Lipinski definition) is 1. The van der Waals surface area contributed by atoms with Gasteiger partial charge in [-0.15, -0.1) is 13.2 Å². The molecule has 9 nitrogen and oxygen atoms in total. The van der Waals surface area contributed by atoms with Crippen molar-refractivity contribution in [3.05, 3.63) is 48.2 Å². The first-order valence-corrected chi connectivity index (χ1v) is 11.0. The number of unbranched alkanes of at least 4 members (excludes halogenated alkanes) is 1. The van der Waals surface area contributed by atoms with Crippen LogP contribution < -0.4 is 15.0 Å². The summed E-state index contributed by atoms with van der Waals surface area (Å²) < 4.78 is 46.2. The molecule has 4 amide bonds. The van der Waals surface area contributed by atoms with Crippen LogP contribution in [0.2, 0.25) is 0 Å². The summed E-state index contributed by atoms with van der Waals surface area (Å²) >= 11 is 0. The lowest BCUT2D eigenvalue weighted by Gasteiger charge is -2.21. The normalized spacial score (nSPS) is 16.6. The Hall–Kier alpha value is -3.83. The summed E-state index contributed by atoms with van der Waals surface area (Å²) in [6.45, 7) is 2.34. The third kappa shape index (κ3) is 5.31. The number of carbonyl (C=O) groups is 3. The van der Waals surface area contributed by atoms with E-state index in [0.29, 0.717) is 18.4 Å². The monoisotopic (exact) mass is 492 g/mol. The molecule has 1 saturated heterocycles. The number of anilines is 2. The van der Waals surface area contributed by atoms with Gasteiger partial charge >= 0.3 is 18.5 Å². The number of ether oxygens (including phenoxy) is 2. The number of hydrogen-bond acceptors (Lipinski definition) is 6. The SMILES string of the molecule is CCCCOC(=O)Nc1cc(CN2C(=O)N(c3ccc(OC(F)(F)F)cc3)C(=O)C23CC3)ccn1. The quantitative estimate of drug-likeness (QED) is 0.419. The van der Waals surface area contributed by atoms with Gasteiger partial charge in [0.05, 0.1) is 12.3 Å². The minimum absolute atomic E-state index is 0.0818. The summed E-state index contributed by atoms with van der Waals surface area (Å²) in [5, 5.41) is 2.53. The third-order valence-electron chi connectivity index (χ3n) is 5.72. The number of nitrogens with one attached hydrogen (secondary N) is 1. The molecule has 1 aliphatic heterocycles. The van der Waals surface area contributed by atoms with E-state index in [1.54, 1.807) is 12.1 Å². The molecule has 35 heavy (non-hydrogen) atoms. The number of pyridine rings is 1. The highest BCUT2D eigenvalue weighted by molar-refractivity contribution is 6.24. The Morgan fingerprint density at radius 3 is 2.51 bits per heavy atom. The van der Waals surface area contributed by atoms with E-state index in [1.807, 2.05) is 6.92 Å². The topological polar surface area (TPSA) is 101 Å². The van der Waals surface area contributed by atoms with E-state index in [4.69, 9.17) is 4.74 Å². The van der Waals surface area contributed by atoms with E-state index in [-0.39, 0.29) is 24.7 Å². The van der Waals surface area contributed by atoms with E-state index in [2.05, 4.69) is 15.0 Å².